The normalized spacial score (nSPS) is 44.7. The number of ketones is 1. The molecule has 0 spiro atoms. The van der Waals surface area contributed by atoms with Gasteiger partial charge in [-0.2, -0.15) is 6.42 Å². The Balaban J connectivity index is 0.00000112. The maximum atomic E-state index is 11.6. The number of carbonyl (C=O) groups excluding carboxylic acids is 1. The van der Waals surface area contributed by atoms with Crippen LogP contribution in [0.3, 0.4) is 0 Å². The summed E-state index contributed by atoms with van der Waals surface area (Å²) in [4.78, 5) is 13.8. The van der Waals surface area contributed by atoms with E-state index in [1.165, 1.54) is 5.92 Å². The Kier molecular flexibility index (Phi) is 3.24. The van der Waals surface area contributed by atoms with E-state index in [0.717, 1.165) is 6.42 Å². The maximum Gasteiger partial charge on any atom is 0.117 e. The van der Waals surface area contributed by atoms with E-state index in [0.29, 0.717) is 0 Å². The Hall–Kier alpha value is 0.278. The molecule has 1 aliphatic heterocycles. The minimum Gasteiger partial charge on any atom is -0.398 e. The first-order valence-corrected chi connectivity index (χ1v) is 5.13. The molecule has 86 valence electrons. The van der Waals surface area contributed by atoms with Crippen molar-refractivity contribution in [2.45, 2.75) is 38.8 Å². The minimum atomic E-state index is -0.323. The van der Waals surface area contributed by atoms with E-state index in [1.54, 1.807) is 6.92 Å². The van der Waals surface area contributed by atoms with Crippen LogP contribution in [-0.2, 0) is 25.9 Å². The second kappa shape index (κ2) is 3.65. The Morgan fingerprint density at radius 2 is 2.20 bits per heavy atom. The number of aliphatic hydroxyl groups excluding tert-OH is 1. The number of carbonyl (C=O) groups is 1. The monoisotopic (exact) mass is 380 g/mol. The molecular weight excluding hydrogens is 362 g/mol. The van der Waals surface area contributed by atoms with Gasteiger partial charge >= 0.3 is 0 Å². The van der Waals surface area contributed by atoms with Gasteiger partial charge in [0.2, 0.25) is 0 Å². The van der Waals surface area contributed by atoms with E-state index in [9.17, 15) is 9.90 Å². The van der Waals surface area contributed by atoms with Crippen LogP contribution in [0.2, 0.25) is 0 Å². The molecule has 3 atom stereocenters. The molecule has 2 aliphatic rings. The second-order valence-electron chi connectivity index (χ2n) is 4.93. The van der Waals surface area contributed by atoms with Crippen LogP contribution in [0.15, 0.2) is 0 Å². The van der Waals surface area contributed by atoms with Crippen LogP contribution >= 0.6 is 0 Å². The van der Waals surface area contributed by atoms with Gasteiger partial charge in [-0.25, -0.2) is 0 Å². The summed E-state index contributed by atoms with van der Waals surface area (Å²) < 4.78 is 0. The number of aliphatic hydroxyl groups is 1. The van der Waals surface area contributed by atoms with Gasteiger partial charge in [0.1, 0.15) is 5.78 Å². The maximum absolute atomic E-state index is 11.6. The van der Waals surface area contributed by atoms with E-state index >= 15 is 0 Å². The van der Waals surface area contributed by atoms with E-state index in [1.807, 2.05) is 7.05 Å². The zero-order chi connectivity index (χ0) is 10.7. The van der Waals surface area contributed by atoms with Crippen LogP contribution in [-0.4, -0.2) is 41.0 Å². The zero-order valence-corrected chi connectivity index (χ0v) is 12.6. The van der Waals surface area contributed by atoms with Gasteiger partial charge in [0.05, 0.1) is 0 Å². The summed E-state index contributed by atoms with van der Waals surface area (Å²) in [7, 11) is 1.99. The van der Waals surface area contributed by atoms with Crippen molar-refractivity contribution >= 4 is 5.78 Å². The summed E-state index contributed by atoms with van der Waals surface area (Å²) in [6, 6.07) is 0.250. The summed E-state index contributed by atoms with van der Waals surface area (Å²) in [5.74, 6) is 1.45. The van der Waals surface area contributed by atoms with Crippen LogP contribution in [0.5, 0.6) is 0 Å². The van der Waals surface area contributed by atoms with E-state index in [4.69, 9.17) is 0 Å². The molecule has 1 saturated heterocycles. The minimum absolute atomic E-state index is 0. The number of fused-ring (bicyclic) bond motifs is 1. The molecule has 2 fully saturated rings. The molecule has 0 aromatic rings. The summed E-state index contributed by atoms with van der Waals surface area (Å²) in [6.07, 6.45) is 0.847. The number of nitrogens with zero attached hydrogens (tertiary/aromatic N) is 1. The van der Waals surface area contributed by atoms with Gasteiger partial charge in [0, 0.05) is 27.7 Å². The summed E-state index contributed by atoms with van der Waals surface area (Å²) in [6.45, 7) is 5.93. The van der Waals surface area contributed by atoms with Crippen LogP contribution in [0.4, 0.5) is 0 Å². The van der Waals surface area contributed by atoms with Gasteiger partial charge in [-0.05, 0) is 20.0 Å². The van der Waals surface area contributed by atoms with Gasteiger partial charge in [0.25, 0.3) is 0 Å². The molecule has 3 nitrogen and oxygen atoms in total. The SMILES string of the molecule is CC(=O)C12C[C-]1C(C)(CO)C(C)N2C.[W]. The van der Waals surface area contributed by atoms with Crippen molar-refractivity contribution in [1.29, 1.82) is 0 Å². The number of likely N-dealkylation sites (N-methyl/N-ethyl adjacent to an activating group) is 1. The molecule has 1 N–H and O–H groups in total. The summed E-state index contributed by atoms with van der Waals surface area (Å²) in [5.41, 5.74) is -0.503. The molecule has 0 bridgehead atoms. The average molecular weight is 380 g/mol. The standard InChI is InChI=1S/C11H18NO2.W/c1-7-10(3,6-13)9-5-11(9,8(2)14)12(7)4;/h7,13H,5-6H2,1-4H3;/q-1;. The number of hydrogen-bond acceptors (Lipinski definition) is 3. The Labute approximate surface area is 105 Å². The third-order valence-corrected chi connectivity index (χ3v) is 4.51. The number of likely N-dealkylation sites (tertiary alicyclic amines) is 1. The smallest absolute Gasteiger partial charge is 0.117 e. The molecule has 1 aliphatic carbocycles. The quantitative estimate of drug-likeness (QED) is 0.715. The molecule has 15 heavy (non-hydrogen) atoms. The molecular formula is C11H18NO2W-. The molecule has 3 unspecified atom stereocenters. The van der Waals surface area contributed by atoms with Gasteiger partial charge in [-0.3, -0.25) is 5.92 Å². The van der Waals surface area contributed by atoms with Crippen LogP contribution in [0, 0.1) is 11.3 Å². The largest absolute Gasteiger partial charge is 0.398 e. The van der Waals surface area contributed by atoms with E-state index in [-0.39, 0.29) is 50.5 Å². The number of rotatable bonds is 2. The summed E-state index contributed by atoms with van der Waals surface area (Å²) in [5, 5.41) is 9.45. The Morgan fingerprint density at radius 3 is 2.47 bits per heavy atom. The molecule has 4 heteroatoms. The molecule has 0 radical (unpaired) electrons. The van der Waals surface area contributed by atoms with Crippen molar-refractivity contribution in [2.24, 2.45) is 5.41 Å². The summed E-state index contributed by atoms with van der Waals surface area (Å²) >= 11 is 0. The molecule has 0 aromatic heterocycles. The van der Waals surface area contributed by atoms with Crippen LogP contribution in [0.25, 0.3) is 0 Å². The Bertz CT molecular complexity index is 296. The first-order chi connectivity index (χ1) is 6.41. The number of Topliss-reactive ketones (excluding diaryl/α,β-unsaturated/α-hetero) is 1. The fraction of sp³-hybridized carbons (Fsp3) is 0.818. The van der Waals surface area contributed by atoms with Gasteiger partial charge in [0.15, 0.2) is 0 Å². The Morgan fingerprint density at radius 1 is 1.67 bits per heavy atom. The van der Waals surface area contributed by atoms with Crippen molar-refractivity contribution in [2.75, 3.05) is 13.7 Å². The fourth-order valence-electron chi connectivity index (χ4n) is 3.05. The zero-order valence-electron chi connectivity index (χ0n) is 9.70. The molecule has 1 saturated carbocycles. The van der Waals surface area contributed by atoms with E-state index < -0.39 is 0 Å². The van der Waals surface area contributed by atoms with Gasteiger partial charge in [-0.1, -0.05) is 19.4 Å². The fourth-order valence-corrected chi connectivity index (χ4v) is 3.05. The van der Waals surface area contributed by atoms with Gasteiger partial charge in [-0.15, -0.1) is 5.41 Å². The first kappa shape index (κ1) is 13.3. The third kappa shape index (κ3) is 1.33. The van der Waals surface area contributed by atoms with Crippen molar-refractivity contribution in [1.82, 2.24) is 4.90 Å². The molecule has 1 heterocycles. The number of piperidine rings is 1. The topological polar surface area (TPSA) is 40.5 Å². The molecule has 0 amide bonds. The predicted octanol–water partition coefficient (Wildman–Crippen LogP) is 0.622. The van der Waals surface area contributed by atoms with Crippen LogP contribution in [0.1, 0.15) is 27.2 Å². The van der Waals surface area contributed by atoms with E-state index in [2.05, 4.69) is 18.7 Å². The van der Waals surface area contributed by atoms with Crippen molar-refractivity contribution in [3.8, 4) is 0 Å². The third-order valence-electron chi connectivity index (χ3n) is 4.51. The van der Waals surface area contributed by atoms with Gasteiger partial charge < -0.3 is 14.8 Å². The van der Waals surface area contributed by atoms with Crippen molar-refractivity contribution in [3.05, 3.63) is 5.92 Å². The van der Waals surface area contributed by atoms with Crippen molar-refractivity contribution < 1.29 is 31.0 Å². The molecule has 2 rings (SSSR count). The van der Waals surface area contributed by atoms with Crippen molar-refractivity contribution in [3.63, 3.8) is 0 Å². The van der Waals surface area contributed by atoms with Crippen LogP contribution < -0.4 is 0 Å². The first-order valence-electron chi connectivity index (χ1n) is 5.13. The predicted molar refractivity (Wildman–Crippen MR) is 53.7 cm³/mol. The number of hydrogen-bond donors (Lipinski definition) is 1. The average Bonchev–Trinajstić information content (AvgIpc) is 2.87. The molecule has 0 aromatic carbocycles. The second-order valence-corrected chi connectivity index (χ2v) is 4.93.